The molecule has 3 nitrogen and oxygen atoms in total. The van der Waals surface area contributed by atoms with Crippen LogP contribution < -0.4 is 5.32 Å². The van der Waals surface area contributed by atoms with Gasteiger partial charge in [0.25, 0.3) is 0 Å². The first kappa shape index (κ1) is 14.5. The highest BCUT2D eigenvalue weighted by molar-refractivity contribution is 7.16. The minimum absolute atomic E-state index is 0.127. The molecular weight excluding hydrogens is 314 g/mol. The van der Waals surface area contributed by atoms with Gasteiger partial charge in [0.1, 0.15) is 0 Å². The lowest BCUT2D eigenvalue weighted by Gasteiger charge is -2.25. The molecule has 1 saturated heterocycles. The summed E-state index contributed by atoms with van der Waals surface area (Å²) in [5.41, 5.74) is 0. The number of rotatable bonds is 5. The summed E-state index contributed by atoms with van der Waals surface area (Å²) in [4.78, 5) is 2.52. The summed E-state index contributed by atoms with van der Waals surface area (Å²) in [5, 5.41) is 5.68. The predicted octanol–water partition coefficient (Wildman–Crippen LogP) is 3.56. The van der Waals surface area contributed by atoms with E-state index < -0.39 is 0 Å². The quantitative estimate of drug-likeness (QED) is 0.910. The zero-order chi connectivity index (χ0) is 13.8. The van der Waals surface area contributed by atoms with Crippen molar-refractivity contribution in [1.29, 1.82) is 0 Å². The van der Waals surface area contributed by atoms with Crippen LogP contribution in [-0.4, -0.2) is 32.5 Å². The van der Waals surface area contributed by atoms with E-state index in [1.807, 2.05) is 6.07 Å². The molecule has 0 radical (unpaired) electrons. The molecule has 108 valence electrons. The van der Waals surface area contributed by atoms with Crippen LogP contribution in [0.4, 0.5) is 0 Å². The fourth-order valence-corrected chi connectivity index (χ4v) is 4.23. The minimum Gasteiger partial charge on any atom is -0.376 e. The SMILES string of the molecule is Clc1ccc(C(NCC2COCCO2)c2cccs2)s1. The minimum atomic E-state index is 0.127. The first-order chi connectivity index (χ1) is 9.83. The molecule has 0 bridgehead atoms. The van der Waals surface area contributed by atoms with Crippen LogP contribution in [0, 0.1) is 0 Å². The third-order valence-corrected chi connectivity index (χ3v) is 5.37. The van der Waals surface area contributed by atoms with Gasteiger partial charge in [0.2, 0.25) is 0 Å². The van der Waals surface area contributed by atoms with Gasteiger partial charge in [-0.15, -0.1) is 22.7 Å². The smallest absolute Gasteiger partial charge is 0.0933 e. The number of halogens is 1. The van der Waals surface area contributed by atoms with Gasteiger partial charge >= 0.3 is 0 Å². The number of thiophene rings is 2. The topological polar surface area (TPSA) is 30.5 Å². The van der Waals surface area contributed by atoms with Crippen molar-refractivity contribution in [1.82, 2.24) is 5.32 Å². The molecule has 0 amide bonds. The molecule has 3 heterocycles. The maximum absolute atomic E-state index is 6.06. The molecular formula is C14H16ClNO2S2. The van der Waals surface area contributed by atoms with E-state index in [-0.39, 0.29) is 12.1 Å². The van der Waals surface area contributed by atoms with Crippen molar-refractivity contribution < 1.29 is 9.47 Å². The molecule has 0 spiro atoms. The molecule has 1 fully saturated rings. The van der Waals surface area contributed by atoms with Gasteiger partial charge in [0.05, 0.1) is 36.3 Å². The molecule has 2 aromatic rings. The highest BCUT2D eigenvalue weighted by Crippen LogP contribution is 2.33. The van der Waals surface area contributed by atoms with Gasteiger partial charge in [0.15, 0.2) is 0 Å². The molecule has 0 aromatic carbocycles. The number of hydrogen-bond acceptors (Lipinski definition) is 5. The fraction of sp³-hybridized carbons (Fsp3) is 0.429. The summed E-state index contributed by atoms with van der Waals surface area (Å²) in [6.07, 6.45) is 0.127. The molecule has 0 saturated carbocycles. The van der Waals surface area contributed by atoms with Gasteiger partial charge in [-0.3, -0.25) is 0 Å². The monoisotopic (exact) mass is 329 g/mol. The van der Waals surface area contributed by atoms with E-state index in [9.17, 15) is 0 Å². The van der Waals surface area contributed by atoms with E-state index in [4.69, 9.17) is 21.1 Å². The normalized spacial score (nSPS) is 20.9. The van der Waals surface area contributed by atoms with E-state index >= 15 is 0 Å². The van der Waals surface area contributed by atoms with Gasteiger partial charge in [-0.25, -0.2) is 0 Å². The fourth-order valence-electron chi connectivity index (χ4n) is 2.18. The van der Waals surface area contributed by atoms with E-state index in [0.29, 0.717) is 19.8 Å². The Morgan fingerprint density at radius 2 is 2.25 bits per heavy atom. The second-order valence-electron chi connectivity index (χ2n) is 4.57. The Hall–Kier alpha value is -0.430. The Labute approximate surface area is 131 Å². The van der Waals surface area contributed by atoms with E-state index in [1.54, 1.807) is 22.7 Å². The van der Waals surface area contributed by atoms with Crippen molar-refractivity contribution in [3.63, 3.8) is 0 Å². The van der Waals surface area contributed by atoms with Crippen molar-refractivity contribution in [3.8, 4) is 0 Å². The Bertz CT molecular complexity index is 523. The summed E-state index contributed by atoms with van der Waals surface area (Å²) < 4.78 is 11.9. The lowest BCUT2D eigenvalue weighted by atomic mass is 10.2. The van der Waals surface area contributed by atoms with Gasteiger partial charge in [-0.1, -0.05) is 17.7 Å². The van der Waals surface area contributed by atoms with Crippen LogP contribution in [0.2, 0.25) is 4.34 Å². The van der Waals surface area contributed by atoms with Crippen molar-refractivity contribution in [2.45, 2.75) is 12.1 Å². The summed E-state index contributed by atoms with van der Waals surface area (Å²) in [7, 11) is 0. The first-order valence-corrected chi connectivity index (χ1v) is 8.61. The van der Waals surface area contributed by atoms with Crippen LogP contribution in [-0.2, 0) is 9.47 Å². The van der Waals surface area contributed by atoms with Crippen LogP contribution in [0.5, 0.6) is 0 Å². The van der Waals surface area contributed by atoms with E-state index in [2.05, 4.69) is 28.9 Å². The van der Waals surface area contributed by atoms with Crippen molar-refractivity contribution in [2.75, 3.05) is 26.4 Å². The zero-order valence-corrected chi connectivity index (χ0v) is 13.3. The molecule has 2 unspecified atom stereocenters. The standard InChI is InChI=1S/C14H16ClNO2S2/c15-13-4-3-12(20-13)14(11-2-1-7-19-11)16-8-10-9-17-5-6-18-10/h1-4,7,10,14,16H,5-6,8-9H2. The van der Waals surface area contributed by atoms with E-state index in [1.165, 1.54) is 9.75 Å². The number of ether oxygens (including phenoxy) is 2. The second kappa shape index (κ2) is 7.02. The lowest BCUT2D eigenvalue weighted by Crippen LogP contribution is -2.38. The molecule has 6 heteroatoms. The average Bonchev–Trinajstić information content (AvgIpc) is 3.13. The highest BCUT2D eigenvalue weighted by atomic mass is 35.5. The maximum Gasteiger partial charge on any atom is 0.0933 e. The van der Waals surface area contributed by atoms with Gasteiger partial charge in [-0.05, 0) is 23.6 Å². The molecule has 3 rings (SSSR count). The largest absolute Gasteiger partial charge is 0.376 e. The third-order valence-electron chi connectivity index (χ3n) is 3.14. The summed E-state index contributed by atoms with van der Waals surface area (Å²) in [6.45, 7) is 2.82. The molecule has 1 aliphatic rings. The van der Waals surface area contributed by atoms with E-state index in [0.717, 1.165) is 10.9 Å². The summed E-state index contributed by atoms with van der Waals surface area (Å²) in [5.74, 6) is 0. The molecule has 2 atom stereocenters. The van der Waals surface area contributed by atoms with Gasteiger partial charge < -0.3 is 14.8 Å². The van der Waals surface area contributed by atoms with Crippen LogP contribution in [0.15, 0.2) is 29.6 Å². The van der Waals surface area contributed by atoms with Crippen LogP contribution in [0.3, 0.4) is 0 Å². The van der Waals surface area contributed by atoms with Gasteiger partial charge in [0, 0.05) is 16.3 Å². The highest BCUT2D eigenvalue weighted by Gasteiger charge is 2.20. The lowest BCUT2D eigenvalue weighted by molar-refractivity contribution is -0.0867. The molecule has 2 aromatic heterocycles. The third kappa shape index (κ3) is 3.61. The number of hydrogen-bond donors (Lipinski definition) is 1. The van der Waals surface area contributed by atoms with Crippen LogP contribution in [0.25, 0.3) is 0 Å². The number of nitrogens with one attached hydrogen (secondary N) is 1. The van der Waals surface area contributed by atoms with Gasteiger partial charge in [-0.2, -0.15) is 0 Å². The van der Waals surface area contributed by atoms with Crippen molar-refractivity contribution in [3.05, 3.63) is 43.7 Å². The Balaban J connectivity index is 1.69. The maximum atomic E-state index is 6.06. The Morgan fingerprint density at radius 3 is 2.90 bits per heavy atom. The Kier molecular flexibility index (Phi) is 5.09. The second-order valence-corrected chi connectivity index (χ2v) is 7.29. The summed E-state index contributed by atoms with van der Waals surface area (Å²) in [6, 6.07) is 8.43. The summed E-state index contributed by atoms with van der Waals surface area (Å²) >= 11 is 9.43. The first-order valence-electron chi connectivity index (χ1n) is 6.54. The molecule has 1 N–H and O–H groups in total. The zero-order valence-electron chi connectivity index (χ0n) is 10.9. The average molecular weight is 330 g/mol. The van der Waals surface area contributed by atoms with Crippen LogP contribution in [0.1, 0.15) is 15.8 Å². The predicted molar refractivity (Wildman–Crippen MR) is 84.1 cm³/mol. The van der Waals surface area contributed by atoms with Crippen molar-refractivity contribution >= 4 is 34.3 Å². The van der Waals surface area contributed by atoms with Crippen molar-refractivity contribution in [2.24, 2.45) is 0 Å². The molecule has 20 heavy (non-hydrogen) atoms. The van der Waals surface area contributed by atoms with Crippen LogP contribution >= 0.6 is 34.3 Å². The molecule has 0 aliphatic carbocycles. The Morgan fingerprint density at radius 1 is 1.30 bits per heavy atom. The molecule has 1 aliphatic heterocycles.